The van der Waals surface area contributed by atoms with E-state index in [0.717, 1.165) is 5.56 Å². The van der Waals surface area contributed by atoms with E-state index in [2.05, 4.69) is 0 Å². The van der Waals surface area contributed by atoms with Crippen molar-refractivity contribution in [3.05, 3.63) is 71.4 Å². The molecule has 1 heterocycles. The SMILES string of the molecule is Cc1ccccc1C(=O)n1cc(C(=O)O)c2ccccc21. The van der Waals surface area contributed by atoms with Crippen LogP contribution in [0.1, 0.15) is 26.3 Å². The van der Waals surface area contributed by atoms with Gasteiger partial charge in [0.2, 0.25) is 0 Å². The first kappa shape index (κ1) is 13.1. The van der Waals surface area contributed by atoms with Gasteiger partial charge in [0.25, 0.3) is 5.91 Å². The quantitative estimate of drug-likeness (QED) is 0.782. The predicted octanol–water partition coefficient (Wildman–Crippen LogP) is 3.34. The lowest BCUT2D eigenvalue weighted by atomic mass is 10.1. The summed E-state index contributed by atoms with van der Waals surface area (Å²) in [5.41, 5.74) is 2.16. The Hall–Kier alpha value is -2.88. The maximum atomic E-state index is 12.7. The number of hydrogen-bond acceptors (Lipinski definition) is 2. The molecule has 0 amide bonds. The summed E-state index contributed by atoms with van der Waals surface area (Å²) < 4.78 is 1.40. The van der Waals surface area contributed by atoms with Gasteiger partial charge in [-0.05, 0) is 24.6 Å². The fourth-order valence-corrected chi connectivity index (χ4v) is 2.46. The normalized spacial score (nSPS) is 10.7. The number of nitrogens with zero attached hydrogens (tertiary/aromatic N) is 1. The lowest BCUT2D eigenvalue weighted by Gasteiger charge is -2.06. The first-order chi connectivity index (χ1) is 10.1. The standard InChI is InChI=1S/C17H13NO3/c1-11-6-2-3-7-12(11)16(19)18-10-14(17(20)21)13-8-4-5-9-15(13)18/h2-10H,1H3,(H,20,21). The molecule has 0 aliphatic rings. The van der Waals surface area contributed by atoms with Crippen molar-refractivity contribution < 1.29 is 14.7 Å². The molecule has 0 saturated heterocycles. The number of para-hydroxylation sites is 1. The average molecular weight is 279 g/mol. The first-order valence-corrected chi connectivity index (χ1v) is 6.53. The van der Waals surface area contributed by atoms with Gasteiger partial charge in [0.15, 0.2) is 0 Å². The van der Waals surface area contributed by atoms with E-state index in [-0.39, 0.29) is 11.5 Å². The summed E-state index contributed by atoms with van der Waals surface area (Å²) in [6, 6.07) is 14.3. The van der Waals surface area contributed by atoms with Crippen LogP contribution in [0.5, 0.6) is 0 Å². The molecule has 0 spiro atoms. The van der Waals surface area contributed by atoms with Crippen molar-refractivity contribution in [2.24, 2.45) is 0 Å². The van der Waals surface area contributed by atoms with E-state index in [4.69, 9.17) is 0 Å². The maximum absolute atomic E-state index is 12.7. The van der Waals surface area contributed by atoms with Crippen molar-refractivity contribution in [2.75, 3.05) is 0 Å². The molecule has 0 saturated carbocycles. The average Bonchev–Trinajstić information content (AvgIpc) is 2.87. The van der Waals surface area contributed by atoms with Crippen molar-refractivity contribution in [1.29, 1.82) is 0 Å². The van der Waals surface area contributed by atoms with Gasteiger partial charge in [-0.1, -0.05) is 36.4 Å². The summed E-state index contributed by atoms with van der Waals surface area (Å²) in [5.74, 6) is -1.26. The molecule has 0 fully saturated rings. The molecule has 3 rings (SSSR count). The summed E-state index contributed by atoms with van der Waals surface area (Å²) in [5, 5.41) is 9.84. The molecule has 0 aliphatic heterocycles. The minimum atomic E-state index is -1.04. The fraction of sp³-hybridized carbons (Fsp3) is 0.0588. The zero-order chi connectivity index (χ0) is 15.0. The van der Waals surface area contributed by atoms with E-state index >= 15 is 0 Å². The molecule has 1 N–H and O–H groups in total. The van der Waals surface area contributed by atoms with Gasteiger partial charge in [-0.3, -0.25) is 9.36 Å². The highest BCUT2D eigenvalue weighted by molar-refractivity contribution is 6.09. The van der Waals surface area contributed by atoms with Crippen LogP contribution in [0.25, 0.3) is 10.9 Å². The Morgan fingerprint density at radius 3 is 2.33 bits per heavy atom. The van der Waals surface area contributed by atoms with E-state index < -0.39 is 5.97 Å². The zero-order valence-electron chi connectivity index (χ0n) is 11.4. The molecule has 2 aromatic carbocycles. The zero-order valence-corrected chi connectivity index (χ0v) is 11.4. The second-order valence-corrected chi connectivity index (χ2v) is 4.86. The van der Waals surface area contributed by atoms with Gasteiger partial charge >= 0.3 is 5.97 Å². The lowest BCUT2D eigenvalue weighted by Crippen LogP contribution is -2.12. The van der Waals surface area contributed by atoms with Gasteiger partial charge in [-0.25, -0.2) is 4.79 Å². The number of rotatable bonds is 2. The molecule has 1 aromatic heterocycles. The Balaban J connectivity index is 2.24. The van der Waals surface area contributed by atoms with E-state index in [1.165, 1.54) is 10.8 Å². The number of hydrogen-bond donors (Lipinski definition) is 1. The van der Waals surface area contributed by atoms with E-state index in [0.29, 0.717) is 16.5 Å². The Morgan fingerprint density at radius 1 is 0.952 bits per heavy atom. The number of aromatic nitrogens is 1. The molecule has 4 heteroatoms. The topological polar surface area (TPSA) is 59.3 Å². The van der Waals surface area contributed by atoms with Crippen LogP contribution in [0.15, 0.2) is 54.7 Å². The first-order valence-electron chi connectivity index (χ1n) is 6.53. The Bertz CT molecular complexity index is 861. The number of aryl methyl sites for hydroxylation is 1. The van der Waals surface area contributed by atoms with Crippen molar-refractivity contribution >= 4 is 22.8 Å². The van der Waals surface area contributed by atoms with E-state index in [1.54, 1.807) is 36.4 Å². The third kappa shape index (κ3) is 2.10. The molecular weight excluding hydrogens is 266 g/mol. The minimum absolute atomic E-state index is 0.132. The van der Waals surface area contributed by atoms with E-state index in [1.807, 2.05) is 19.1 Å². The van der Waals surface area contributed by atoms with Gasteiger partial charge in [0.05, 0.1) is 11.1 Å². The number of carbonyl (C=O) groups excluding carboxylic acids is 1. The molecular formula is C17H13NO3. The largest absolute Gasteiger partial charge is 0.478 e. The third-order valence-electron chi connectivity index (χ3n) is 3.54. The predicted molar refractivity (Wildman–Crippen MR) is 79.8 cm³/mol. The molecule has 0 bridgehead atoms. The molecule has 0 radical (unpaired) electrons. The highest BCUT2D eigenvalue weighted by atomic mass is 16.4. The summed E-state index contributed by atoms with van der Waals surface area (Å²) in [4.78, 5) is 24.0. The highest BCUT2D eigenvalue weighted by Crippen LogP contribution is 2.23. The molecule has 0 aliphatic carbocycles. The van der Waals surface area contributed by atoms with Crippen LogP contribution < -0.4 is 0 Å². The number of carboxylic acid groups (broad SMARTS) is 1. The minimum Gasteiger partial charge on any atom is -0.478 e. The monoisotopic (exact) mass is 279 g/mol. The van der Waals surface area contributed by atoms with Gasteiger partial charge in [0.1, 0.15) is 0 Å². The number of carbonyl (C=O) groups is 2. The summed E-state index contributed by atoms with van der Waals surface area (Å²) >= 11 is 0. The summed E-state index contributed by atoms with van der Waals surface area (Å²) in [6.45, 7) is 1.86. The Morgan fingerprint density at radius 2 is 1.62 bits per heavy atom. The van der Waals surface area contributed by atoms with Crippen LogP contribution in [0.3, 0.4) is 0 Å². The molecule has 104 valence electrons. The molecule has 0 atom stereocenters. The second-order valence-electron chi connectivity index (χ2n) is 4.86. The molecule has 3 aromatic rings. The molecule has 0 unspecified atom stereocenters. The Labute approximate surface area is 121 Å². The fourth-order valence-electron chi connectivity index (χ4n) is 2.46. The summed E-state index contributed by atoms with van der Waals surface area (Å²) in [6.07, 6.45) is 1.39. The second kappa shape index (κ2) is 4.90. The number of carboxylic acids is 1. The number of benzene rings is 2. The maximum Gasteiger partial charge on any atom is 0.337 e. The number of aromatic carboxylic acids is 1. The van der Waals surface area contributed by atoms with Crippen LogP contribution in [0.2, 0.25) is 0 Å². The van der Waals surface area contributed by atoms with Gasteiger partial charge in [-0.2, -0.15) is 0 Å². The van der Waals surface area contributed by atoms with Crippen LogP contribution in [0.4, 0.5) is 0 Å². The van der Waals surface area contributed by atoms with Gasteiger partial charge in [-0.15, -0.1) is 0 Å². The van der Waals surface area contributed by atoms with Crippen molar-refractivity contribution in [1.82, 2.24) is 4.57 Å². The number of fused-ring (bicyclic) bond motifs is 1. The highest BCUT2D eigenvalue weighted by Gasteiger charge is 2.19. The van der Waals surface area contributed by atoms with Crippen LogP contribution in [-0.2, 0) is 0 Å². The third-order valence-corrected chi connectivity index (χ3v) is 3.54. The van der Waals surface area contributed by atoms with Gasteiger partial charge in [0, 0.05) is 17.1 Å². The molecule has 4 nitrogen and oxygen atoms in total. The van der Waals surface area contributed by atoms with Crippen molar-refractivity contribution in [3.8, 4) is 0 Å². The van der Waals surface area contributed by atoms with Crippen molar-refractivity contribution in [3.63, 3.8) is 0 Å². The van der Waals surface area contributed by atoms with Crippen LogP contribution in [-0.4, -0.2) is 21.6 Å². The summed E-state index contributed by atoms with van der Waals surface area (Å²) in [7, 11) is 0. The Kier molecular flexibility index (Phi) is 3.06. The lowest BCUT2D eigenvalue weighted by molar-refractivity contribution is 0.0699. The van der Waals surface area contributed by atoms with Crippen LogP contribution >= 0.6 is 0 Å². The van der Waals surface area contributed by atoms with E-state index in [9.17, 15) is 14.7 Å². The van der Waals surface area contributed by atoms with Gasteiger partial charge < -0.3 is 5.11 Å². The van der Waals surface area contributed by atoms with Crippen LogP contribution in [0, 0.1) is 6.92 Å². The smallest absolute Gasteiger partial charge is 0.337 e. The molecule has 21 heavy (non-hydrogen) atoms. The van der Waals surface area contributed by atoms with Crippen molar-refractivity contribution in [2.45, 2.75) is 6.92 Å².